The van der Waals surface area contributed by atoms with E-state index in [1.54, 1.807) is 12.1 Å². The first-order valence-electron chi connectivity index (χ1n) is 8.79. The van der Waals surface area contributed by atoms with Crippen LogP contribution in [0.4, 0.5) is 15.8 Å². The number of halogens is 1. The van der Waals surface area contributed by atoms with E-state index in [0.29, 0.717) is 24.3 Å². The molecule has 1 saturated heterocycles. The number of nitrogens with one attached hydrogen (secondary N) is 1. The van der Waals surface area contributed by atoms with Crippen molar-refractivity contribution in [3.05, 3.63) is 70.0 Å². The molecule has 2 aromatic rings. The summed E-state index contributed by atoms with van der Waals surface area (Å²) in [6.45, 7) is 4.23. The molecule has 3 rings (SSSR count). The molecule has 1 aliphatic rings. The fourth-order valence-electron chi connectivity index (χ4n) is 3.08. The lowest BCUT2D eigenvalue weighted by Gasteiger charge is -2.36. The monoisotopic (exact) mass is 372 g/mol. The molecule has 2 aromatic carbocycles. The highest BCUT2D eigenvalue weighted by atomic mass is 19.1. The standard InChI is InChI=1S/C19H21FN4O3/c20-17-3-1-2-4-18(17)23-13-11-22(12-14-23)10-9-21-19(25)15-5-7-16(8-6-15)24(26)27/h1-8H,9-14H2,(H,21,25). The van der Waals surface area contributed by atoms with Crippen LogP contribution in [0, 0.1) is 15.9 Å². The van der Waals surface area contributed by atoms with Crippen molar-refractivity contribution >= 4 is 17.3 Å². The van der Waals surface area contributed by atoms with Gasteiger partial charge in [0, 0.05) is 57.0 Å². The summed E-state index contributed by atoms with van der Waals surface area (Å²) in [6.07, 6.45) is 0. The van der Waals surface area contributed by atoms with Crippen molar-refractivity contribution < 1.29 is 14.1 Å². The first kappa shape index (κ1) is 18.8. The molecule has 8 heteroatoms. The Morgan fingerprint density at radius 2 is 1.74 bits per heavy atom. The maximum absolute atomic E-state index is 13.9. The fraction of sp³-hybridized carbons (Fsp3) is 0.316. The minimum atomic E-state index is -0.497. The van der Waals surface area contributed by atoms with Gasteiger partial charge in [-0.2, -0.15) is 0 Å². The largest absolute Gasteiger partial charge is 0.367 e. The molecule has 27 heavy (non-hydrogen) atoms. The van der Waals surface area contributed by atoms with Crippen LogP contribution in [-0.2, 0) is 0 Å². The number of para-hydroxylation sites is 1. The van der Waals surface area contributed by atoms with Gasteiger partial charge in [0.1, 0.15) is 5.82 Å². The number of piperazine rings is 1. The van der Waals surface area contributed by atoms with Crippen LogP contribution in [0.3, 0.4) is 0 Å². The van der Waals surface area contributed by atoms with E-state index in [4.69, 9.17) is 0 Å². The third kappa shape index (κ3) is 4.79. The maximum atomic E-state index is 13.9. The molecule has 0 aliphatic carbocycles. The third-order valence-corrected chi connectivity index (χ3v) is 4.62. The summed E-state index contributed by atoms with van der Waals surface area (Å²) in [7, 11) is 0. The molecule has 0 saturated carbocycles. The SMILES string of the molecule is O=C(NCCN1CCN(c2ccccc2F)CC1)c1ccc([N+](=O)[O-])cc1. The zero-order valence-corrected chi connectivity index (χ0v) is 14.8. The minimum absolute atomic E-state index is 0.0423. The predicted octanol–water partition coefficient (Wildman–Crippen LogP) is 2.29. The van der Waals surface area contributed by atoms with Crippen LogP contribution in [0.2, 0.25) is 0 Å². The summed E-state index contributed by atoms with van der Waals surface area (Å²) in [4.78, 5) is 26.5. The van der Waals surface area contributed by atoms with Crippen molar-refractivity contribution in [3.63, 3.8) is 0 Å². The number of nitro groups is 1. The molecule has 0 bridgehead atoms. The molecule has 142 valence electrons. The van der Waals surface area contributed by atoms with Gasteiger partial charge in [-0.3, -0.25) is 19.8 Å². The average molecular weight is 372 g/mol. The van der Waals surface area contributed by atoms with Crippen LogP contribution in [0.25, 0.3) is 0 Å². The van der Waals surface area contributed by atoms with Crippen molar-refractivity contribution in [1.82, 2.24) is 10.2 Å². The molecule has 1 fully saturated rings. The molecule has 0 spiro atoms. The Kier molecular flexibility index (Phi) is 5.97. The summed E-state index contributed by atoms with van der Waals surface area (Å²) in [5, 5.41) is 13.5. The van der Waals surface area contributed by atoms with Gasteiger partial charge in [0.15, 0.2) is 0 Å². The third-order valence-electron chi connectivity index (χ3n) is 4.62. The molecule has 0 radical (unpaired) electrons. The van der Waals surface area contributed by atoms with Gasteiger partial charge in [-0.15, -0.1) is 0 Å². The number of nitro benzene ring substituents is 1. The molecule has 0 atom stereocenters. The number of non-ortho nitro benzene ring substituents is 1. The molecule has 7 nitrogen and oxygen atoms in total. The van der Waals surface area contributed by atoms with Crippen LogP contribution >= 0.6 is 0 Å². The van der Waals surface area contributed by atoms with E-state index in [1.807, 2.05) is 11.0 Å². The van der Waals surface area contributed by atoms with Gasteiger partial charge < -0.3 is 10.2 Å². The quantitative estimate of drug-likeness (QED) is 0.622. The number of carbonyl (C=O) groups is 1. The van der Waals surface area contributed by atoms with Gasteiger partial charge in [-0.1, -0.05) is 12.1 Å². The highest BCUT2D eigenvalue weighted by Crippen LogP contribution is 2.20. The van der Waals surface area contributed by atoms with Crippen LogP contribution in [0.15, 0.2) is 48.5 Å². The smallest absolute Gasteiger partial charge is 0.269 e. The van der Waals surface area contributed by atoms with Crippen molar-refractivity contribution in [2.24, 2.45) is 0 Å². The molecule has 1 amide bonds. The number of hydrogen-bond donors (Lipinski definition) is 1. The number of carbonyl (C=O) groups excluding carboxylic acids is 1. The van der Waals surface area contributed by atoms with Crippen molar-refractivity contribution in [1.29, 1.82) is 0 Å². The van der Waals surface area contributed by atoms with E-state index in [0.717, 1.165) is 26.2 Å². The second-order valence-corrected chi connectivity index (χ2v) is 6.34. The normalized spacial score (nSPS) is 14.8. The van der Waals surface area contributed by atoms with Crippen LogP contribution in [0.5, 0.6) is 0 Å². The fourth-order valence-corrected chi connectivity index (χ4v) is 3.08. The van der Waals surface area contributed by atoms with Gasteiger partial charge >= 0.3 is 0 Å². The Hall–Kier alpha value is -3.00. The Morgan fingerprint density at radius 1 is 1.07 bits per heavy atom. The summed E-state index contributed by atoms with van der Waals surface area (Å²) in [6, 6.07) is 12.3. The number of anilines is 1. The number of benzene rings is 2. The Balaban J connectivity index is 1.42. The predicted molar refractivity (Wildman–Crippen MR) is 100 cm³/mol. The maximum Gasteiger partial charge on any atom is 0.269 e. The van der Waals surface area contributed by atoms with E-state index >= 15 is 0 Å². The summed E-state index contributed by atoms with van der Waals surface area (Å²) < 4.78 is 13.9. The summed E-state index contributed by atoms with van der Waals surface area (Å²) >= 11 is 0. The van der Waals surface area contributed by atoms with Crippen molar-refractivity contribution in [2.45, 2.75) is 0 Å². The lowest BCUT2D eigenvalue weighted by atomic mass is 10.2. The summed E-state index contributed by atoms with van der Waals surface area (Å²) in [5.74, 6) is -0.462. The summed E-state index contributed by atoms with van der Waals surface area (Å²) in [5.41, 5.74) is 0.980. The van der Waals surface area contributed by atoms with Crippen LogP contribution < -0.4 is 10.2 Å². The second-order valence-electron chi connectivity index (χ2n) is 6.34. The average Bonchev–Trinajstić information content (AvgIpc) is 2.69. The Morgan fingerprint density at radius 3 is 2.37 bits per heavy atom. The second kappa shape index (κ2) is 8.59. The molecular formula is C19H21FN4O3. The first-order valence-corrected chi connectivity index (χ1v) is 8.79. The Labute approximate surface area is 156 Å². The topological polar surface area (TPSA) is 78.7 Å². The lowest BCUT2D eigenvalue weighted by molar-refractivity contribution is -0.384. The number of hydrogen-bond acceptors (Lipinski definition) is 5. The van der Waals surface area contributed by atoms with Crippen LogP contribution in [-0.4, -0.2) is 55.0 Å². The minimum Gasteiger partial charge on any atom is -0.367 e. The number of rotatable bonds is 6. The zero-order valence-electron chi connectivity index (χ0n) is 14.8. The molecule has 1 aliphatic heterocycles. The van der Waals surface area contributed by atoms with E-state index in [1.165, 1.54) is 30.3 Å². The van der Waals surface area contributed by atoms with E-state index in [9.17, 15) is 19.3 Å². The highest BCUT2D eigenvalue weighted by molar-refractivity contribution is 5.94. The van der Waals surface area contributed by atoms with Crippen molar-refractivity contribution in [2.75, 3.05) is 44.2 Å². The number of nitrogens with zero attached hydrogens (tertiary/aromatic N) is 3. The molecule has 1 N–H and O–H groups in total. The Bertz CT molecular complexity index is 805. The van der Waals surface area contributed by atoms with Gasteiger partial charge in [0.25, 0.3) is 11.6 Å². The number of amides is 1. The lowest BCUT2D eigenvalue weighted by Crippen LogP contribution is -2.48. The molecule has 0 aromatic heterocycles. The van der Waals surface area contributed by atoms with Gasteiger partial charge in [-0.05, 0) is 24.3 Å². The van der Waals surface area contributed by atoms with E-state index in [2.05, 4.69) is 10.2 Å². The highest BCUT2D eigenvalue weighted by Gasteiger charge is 2.19. The molecular weight excluding hydrogens is 351 g/mol. The van der Waals surface area contributed by atoms with Gasteiger partial charge in [0.2, 0.25) is 0 Å². The van der Waals surface area contributed by atoms with Crippen molar-refractivity contribution in [3.8, 4) is 0 Å². The van der Waals surface area contributed by atoms with E-state index in [-0.39, 0.29) is 17.4 Å². The zero-order chi connectivity index (χ0) is 19.2. The molecule has 0 unspecified atom stereocenters. The molecule has 1 heterocycles. The van der Waals surface area contributed by atoms with Crippen LogP contribution in [0.1, 0.15) is 10.4 Å². The van der Waals surface area contributed by atoms with Gasteiger partial charge in [-0.25, -0.2) is 4.39 Å². The van der Waals surface area contributed by atoms with E-state index < -0.39 is 4.92 Å². The first-order chi connectivity index (χ1) is 13.0. The van der Waals surface area contributed by atoms with Gasteiger partial charge in [0.05, 0.1) is 10.6 Å².